The summed E-state index contributed by atoms with van der Waals surface area (Å²) in [5, 5.41) is 0.779. The number of nitrogens with zero attached hydrogens (tertiary/aromatic N) is 4. The molecular weight excluding hydrogens is 324 g/mol. The Labute approximate surface area is 143 Å². The highest BCUT2D eigenvalue weighted by Crippen LogP contribution is 2.22. The molecule has 3 rings (SSSR count). The van der Waals surface area contributed by atoms with E-state index in [0.717, 1.165) is 21.9 Å². The van der Waals surface area contributed by atoms with Gasteiger partial charge >= 0.3 is 5.69 Å². The summed E-state index contributed by atoms with van der Waals surface area (Å²) in [6, 6.07) is 10.3. The molecule has 0 unspecified atom stereocenters. The van der Waals surface area contributed by atoms with Gasteiger partial charge in [-0.3, -0.25) is 13.9 Å². The molecular formula is C17H20N4O2S. The average Bonchev–Trinajstić information content (AvgIpc) is 2.97. The van der Waals surface area contributed by atoms with Gasteiger partial charge in [0.2, 0.25) is 0 Å². The first-order valence-electron chi connectivity index (χ1n) is 7.87. The van der Waals surface area contributed by atoms with Gasteiger partial charge in [-0.25, -0.2) is 9.78 Å². The zero-order chi connectivity index (χ0) is 17.3. The molecule has 0 atom stereocenters. The second-order valence-electron chi connectivity index (χ2n) is 5.60. The van der Waals surface area contributed by atoms with Crippen LogP contribution in [0.3, 0.4) is 0 Å². The number of thioether (sulfide) groups is 1. The number of imidazole rings is 1. The van der Waals surface area contributed by atoms with Crippen molar-refractivity contribution in [1.29, 1.82) is 0 Å². The molecule has 2 aromatic heterocycles. The van der Waals surface area contributed by atoms with Crippen molar-refractivity contribution in [2.24, 2.45) is 14.1 Å². The number of hydrogen-bond acceptors (Lipinski definition) is 4. The molecule has 0 amide bonds. The summed E-state index contributed by atoms with van der Waals surface area (Å²) in [5.74, 6) is 0.863. The summed E-state index contributed by atoms with van der Waals surface area (Å²) in [7, 11) is 3.15. The van der Waals surface area contributed by atoms with E-state index in [1.54, 1.807) is 18.8 Å². The van der Waals surface area contributed by atoms with Crippen molar-refractivity contribution in [3.05, 3.63) is 56.7 Å². The van der Waals surface area contributed by atoms with Crippen molar-refractivity contribution < 1.29 is 0 Å². The highest BCUT2D eigenvalue weighted by molar-refractivity contribution is 7.99. The zero-order valence-corrected chi connectivity index (χ0v) is 14.8. The molecule has 0 saturated heterocycles. The Hall–Kier alpha value is -2.28. The molecule has 24 heavy (non-hydrogen) atoms. The lowest BCUT2D eigenvalue weighted by Crippen LogP contribution is -2.37. The Morgan fingerprint density at radius 2 is 1.79 bits per heavy atom. The van der Waals surface area contributed by atoms with Gasteiger partial charge in [0.15, 0.2) is 16.3 Å². The van der Waals surface area contributed by atoms with Gasteiger partial charge in [-0.05, 0) is 18.9 Å². The van der Waals surface area contributed by atoms with E-state index in [1.165, 1.54) is 17.2 Å². The Morgan fingerprint density at radius 3 is 2.46 bits per heavy atom. The fraction of sp³-hybridized carbons (Fsp3) is 0.353. The average molecular weight is 344 g/mol. The molecule has 2 heterocycles. The molecule has 3 aromatic rings. The highest BCUT2D eigenvalue weighted by Gasteiger charge is 2.18. The third-order valence-electron chi connectivity index (χ3n) is 4.09. The standard InChI is InChI=1S/C17H20N4O2S/c1-4-21-13-14(19(2)17(23)20(3)15(13)22)18-16(21)24-11-10-12-8-6-5-7-9-12/h5-9H,4,10-11H2,1-3H3. The van der Waals surface area contributed by atoms with E-state index >= 15 is 0 Å². The SMILES string of the molecule is CCn1c(SCCc2ccccc2)nc2c1c(=O)n(C)c(=O)n2C. The van der Waals surface area contributed by atoms with E-state index in [4.69, 9.17) is 0 Å². The van der Waals surface area contributed by atoms with E-state index < -0.39 is 0 Å². The molecule has 0 fully saturated rings. The van der Waals surface area contributed by atoms with Crippen molar-refractivity contribution in [3.8, 4) is 0 Å². The normalized spacial score (nSPS) is 11.3. The third-order valence-corrected chi connectivity index (χ3v) is 5.07. The minimum Gasteiger partial charge on any atom is -0.313 e. The number of benzene rings is 1. The molecule has 0 N–H and O–H groups in total. The quantitative estimate of drug-likeness (QED) is 0.662. The first kappa shape index (κ1) is 16.6. The third kappa shape index (κ3) is 2.80. The van der Waals surface area contributed by atoms with Crippen LogP contribution in [0.2, 0.25) is 0 Å². The second kappa shape index (κ2) is 6.68. The molecule has 126 valence electrons. The highest BCUT2D eigenvalue weighted by atomic mass is 32.2. The van der Waals surface area contributed by atoms with Gasteiger partial charge in [0.05, 0.1) is 0 Å². The lowest BCUT2D eigenvalue weighted by Gasteiger charge is -2.06. The summed E-state index contributed by atoms with van der Waals surface area (Å²) in [6.07, 6.45) is 0.926. The van der Waals surface area contributed by atoms with Crippen LogP contribution in [0.1, 0.15) is 12.5 Å². The lowest BCUT2D eigenvalue weighted by atomic mass is 10.2. The summed E-state index contributed by atoms with van der Waals surface area (Å²) >= 11 is 1.61. The molecule has 1 aromatic carbocycles. The van der Waals surface area contributed by atoms with Gasteiger partial charge in [0.1, 0.15) is 0 Å². The number of aromatic nitrogens is 4. The van der Waals surface area contributed by atoms with Gasteiger partial charge in [0, 0.05) is 26.4 Å². The maximum atomic E-state index is 12.5. The molecule has 0 saturated carbocycles. The fourth-order valence-corrected chi connectivity index (χ4v) is 3.78. The molecule has 6 nitrogen and oxygen atoms in total. The van der Waals surface area contributed by atoms with Gasteiger partial charge in [-0.15, -0.1) is 0 Å². The van der Waals surface area contributed by atoms with Gasteiger partial charge in [-0.2, -0.15) is 0 Å². The summed E-state index contributed by atoms with van der Waals surface area (Å²) in [5.41, 5.74) is 1.57. The van der Waals surface area contributed by atoms with Crippen LogP contribution in [0.5, 0.6) is 0 Å². The molecule has 0 aliphatic rings. The van der Waals surface area contributed by atoms with E-state index in [-0.39, 0.29) is 11.2 Å². The molecule has 0 aliphatic heterocycles. The summed E-state index contributed by atoms with van der Waals surface area (Å²) < 4.78 is 4.46. The Kier molecular flexibility index (Phi) is 4.62. The van der Waals surface area contributed by atoms with Crippen molar-refractivity contribution >= 4 is 22.9 Å². The van der Waals surface area contributed by atoms with E-state index in [1.807, 2.05) is 29.7 Å². The van der Waals surface area contributed by atoms with Gasteiger partial charge < -0.3 is 4.57 Å². The first-order chi connectivity index (χ1) is 11.5. The number of hydrogen-bond donors (Lipinski definition) is 0. The Balaban J connectivity index is 1.97. The summed E-state index contributed by atoms with van der Waals surface area (Å²) in [4.78, 5) is 29.1. The van der Waals surface area contributed by atoms with Crippen molar-refractivity contribution in [2.75, 3.05) is 5.75 Å². The smallest absolute Gasteiger partial charge is 0.313 e. The fourth-order valence-electron chi connectivity index (χ4n) is 2.73. The maximum absolute atomic E-state index is 12.5. The predicted molar refractivity (Wildman–Crippen MR) is 96.8 cm³/mol. The zero-order valence-electron chi connectivity index (χ0n) is 14.0. The van der Waals surface area contributed by atoms with Crippen LogP contribution >= 0.6 is 11.8 Å². The monoisotopic (exact) mass is 344 g/mol. The van der Waals surface area contributed by atoms with Crippen molar-refractivity contribution in [3.63, 3.8) is 0 Å². The van der Waals surface area contributed by atoms with Crippen LogP contribution in [0.25, 0.3) is 11.2 Å². The van der Waals surface area contributed by atoms with Crippen LogP contribution in [-0.4, -0.2) is 24.4 Å². The minimum atomic E-state index is -0.353. The minimum absolute atomic E-state index is 0.294. The van der Waals surface area contributed by atoms with E-state index in [0.29, 0.717) is 17.7 Å². The van der Waals surface area contributed by atoms with E-state index in [2.05, 4.69) is 17.1 Å². The van der Waals surface area contributed by atoms with Crippen LogP contribution in [-0.2, 0) is 27.1 Å². The van der Waals surface area contributed by atoms with Crippen LogP contribution in [0.4, 0.5) is 0 Å². The first-order valence-corrected chi connectivity index (χ1v) is 8.86. The topological polar surface area (TPSA) is 61.8 Å². The lowest BCUT2D eigenvalue weighted by molar-refractivity contribution is 0.684. The molecule has 0 aliphatic carbocycles. The summed E-state index contributed by atoms with van der Waals surface area (Å²) in [6.45, 7) is 2.62. The molecule has 7 heteroatoms. The van der Waals surface area contributed by atoms with Crippen LogP contribution in [0, 0.1) is 0 Å². The maximum Gasteiger partial charge on any atom is 0.332 e. The van der Waals surface area contributed by atoms with Crippen molar-refractivity contribution in [2.45, 2.75) is 25.0 Å². The van der Waals surface area contributed by atoms with Crippen LogP contribution in [0.15, 0.2) is 45.1 Å². The number of aryl methyl sites for hydroxylation is 3. The Morgan fingerprint density at radius 1 is 1.08 bits per heavy atom. The molecule has 0 spiro atoms. The predicted octanol–water partition coefficient (Wildman–Crippen LogP) is 1.79. The Bertz CT molecular complexity index is 986. The largest absolute Gasteiger partial charge is 0.332 e. The number of rotatable bonds is 5. The molecule has 0 bridgehead atoms. The van der Waals surface area contributed by atoms with Gasteiger partial charge in [-0.1, -0.05) is 42.1 Å². The second-order valence-corrected chi connectivity index (χ2v) is 6.66. The van der Waals surface area contributed by atoms with Gasteiger partial charge in [0.25, 0.3) is 5.56 Å². The molecule has 0 radical (unpaired) electrons. The van der Waals surface area contributed by atoms with Crippen molar-refractivity contribution in [1.82, 2.24) is 18.7 Å². The van der Waals surface area contributed by atoms with E-state index in [9.17, 15) is 9.59 Å². The van der Waals surface area contributed by atoms with Crippen LogP contribution < -0.4 is 11.2 Å². The number of fused-ring (bicyclic) bond motifs is 1.